The lowest BCUT2D eigenvalue weighted by Crippen LogP contribution is -2.47. The van der Waals surface area contributed by atoms with Crippen LogP contribution in [0.1, 0.15) is 25.7 Å². The second-order valence-electron chi connectivity index (χ2n) is 5.62. The average molecular weight is 333 g/mol. The fraction of sp³-hybridized carbons (Fsp3) is 0.571. The summed E-state index contributed by atoms with van der Waals surface area (Å²) in [6.45, 7) is 0. The summed E-state index contributed by atoms with van der Waals surface area (Å²) in [7, 11) is -3.97. The molecule has 21 heavy (non-hydrogen) atoms. The van der Waals surface area contributed by atoms with Gasteiger partial charge in [-0.2, -0.15) is 16.1 Å². The number of sulfonamides is 1. The van der Waals surface area contributed by atoms with Gasteiger partial charge in [0.05, 0.1) is 0 Å². The van der Waals surface area contributed by atoms with Crippen LogP contribution in [0.2, 0.25) is 0 Å². The van der Waals surface area contributed by atoms with Gasteiger partial charge < -0.3 is 0 Å². The fourth-order valence-corrected chi connectivity index (χ4v) is 6.26. The molecule has 0 radical (unpaired) electrons. The highest BCUT2D eigenvalue weighted by molar-refractivity contribution is 7.99. The van der Waals surface area contributed by atoms with Crippen LogP contribution in [-0.2, 0) is 10.0 Å². The molecule has 0 saturated carbocycles. The van der Waals surface area contributed by atoms with Gasteiger partial charge in [0.1, 0.15) is 16.5 Å². The molecule has 0 N–H and O–H groups in total. The first-order chi connectivity index (χ1) is 9.93. The third-order valence-electron chi connectivity index (χ3n) is 4.40. The predicted octanol–water partition coefficient (Wildman–Crippen LogP) is 3.01. The molecule has 2 saturated heterocycles. The van der Waals surface area contributed by atoms with Crippen molar-refractivity contribution >= 4 is 21.8 Å². The van der Waals surface area contributed by atoms with E-state index >= 15 is 0 Å². The van der Waals surface area contributed by atoms with Gasteiger partial charge in [0, 0.05) is 17.3 Å². The Kier molecular flexibility index (Phi) is 4.00. The van der Waals surface area contributed by atoms with E-state index in [2.05, 4.69) is 0 Å². The van der Waals surface area contributed by atoms with E-state index in [4.69, 9.17) is 0 Å². The van der Waals surface area contributed by atoms with E-state index in [0.717, 1.165) is 43.9 Å². The molecule has 0 aliphatic carbocycles. The summed E-state index contributed by atoms with van der Waals surface area (Å²) < 4.78 is 54.1. The molecule has 2 aliphatic heterocycles. The Balaban J connectivity index is 1.98. The first-order valence-electron chi connectivity index (χ1n) is 6.95. The Morgan fingerprint density at radius 2 is 1.81 bits per heavy atom. The number of hydrogen-bond acceptors (Lipinski definition) is 3. The maximum absolute atomic E-state index is 13.9. The summed E-state index contributed by atoms with van der Waals surface area (Å²) in [5, 5.41) is 0.450. The zero-order valence-electron chi connectivity index (χ0n) is 11.6. The van der Waals surface area contributed by atoms with Gasteiger partial charge in [-0.1, -0.05) is 0 Å². The number of halogens is 2. The molecule has 1 aromatic rings. The first kappa shape index (κ1) is 15.2. The number of piperidine rings is 1. The lowest BCUT2D eigenvalue weighted by Gasteiger charge is -2.37. The van der Waals surface area contributed by atoms with Crippen molar-refractivity contribution in [2.75, 3.05) is 6.26 Å². The van der Waals surface area contributed by atoms with E-state index in [1.54, 1.807) is 11.8 Å². The molecule has 2 fully saturated rings. The molecule has 0 amide bonds. The van der Waals surface area contributed by atoms with Crippen LogP contribution in [0.15, 0.2) is 23.1 Å². The SMILES string of the molecule is CSC1CC2CCC(C1)N2S(=O)(=O)c1cc(F)ccc1F. The Labute approximate surface area is 127 Å². The van der Waals surface area contributed by atoms with E-state index in [1.807, 2.05) is 6.26 Å². The van der Waals surface area contributed by atoms with Crippen molar-refractivity contribution in [1.82, 2.24) is 4.31 Å². The topological polar surface area (TPSA) is 37.4 Å². The number of thioether (sulfide) groups is 1. The van der Waals surface area contributed by atoms with Gasteiger partial charge in [0.25, 0.3) is 0 Å². The molecular formula is C14H17F2NO2S2. The van der Waals surface area contributed by atoms with Crippen LogP contribution < -0.4 is 0 Å². The number of rotatable bonds is 3. The van der Waals surface area contributed by atoms with Crippen LogP contribution in [-0.4, -0.2) is 36.3 Å². The molecule has 7 heteroatoms. The molecule has 0 spiro atoms. The van der Waals surface area contributed by atoms with Crippen LogP contribution >= 0.6 is 11.8 Å². The predicted molar refractivity (Wildman–Crippen MR) is 78.7 cm³/mol. The Hall–Kier alpha value is -0.660. The smallest absolute Gasteiger partial charge is 0.207 e. The van der Waals surface area contributed by atoms with Gasteiger partial charge in [0.15, 0.2) is 0 Å². The molecule has 1 aromatic carbocycles. The monoisotopic (exact) mass is 333 g/mol. The van der Waals surface area contributed by atoms with Crippen LogP contribution in [0, 0.1) is 11.6 Å². The Bertz CT molecular complexity index is 636. The third-order valence-corrected chi connectivity index (χ3v) is 7.48. The highest BCUT2D eigenvalue weighted by atomic mass is 32.2. The summed E-state index contributed by atoms with van der Waals surface area (Å²) in [6.07, 6.45) is 5.21. The maximum atomic E-state index is 13.9. The lowest BCUT2D eigenvalue weighted by molar-refractivity contribution is 0.252. The minimum Gasteiger partial charge on any atom is -0.207 e. The highest BCUT2D eigenvalue weighted by Gasteiger charge is 2.47. The molecule has 2 atom stereocenters. The van der Waals surface area contributed by atoms with Gasteiger partial charge >= 0.3 is 0 Å². The molecule has 3 nitrogen and oxygen atoms in total. The van der Waals surface area contributed by atoms with Crippen molar-refractivity contribution in [2.24, 2.45) is 0 Å². The van der Waals surface area contributed by atoms with Crippen LogP contribution in [0.5, 0.6) is 0 Å². The van der Waals surface area contributed by atoms with Crippen molar-refractivity contribution in [2.45, 2.75) is 47.9 Å². The Morgan fingerprint density at radius 3 is 2.38 bits per heavy atom. The highest BCUT2D eigenvalue weighted by Crippen LogP contribution is 2.42. The molecule has 116 valence electrons. The first-order valence-corrected chi connectivity index (χ1v) is 9.67. The van der Waals surface area contributed by atoms with Crippen LogP contribution in [0.25, 0.3) is 0 Å². The van der Waals surface area contributed by atoms with E-state index in [0.29, 0.717) is 5.25 Å². The fourth-order valence-electron chi connectivity index (χ4n) is 3.46. The standard InChI is InChI=1S/C14H17F2NO2S2/c1-20-12-7-10-3-4-11(8-12)17(10)21(18,19)14-6-9(15)2-5-13(14)16/h2,5-6,10-12H,3-4,7-8H2,1H3. The van der Waals surface area contributed by atoms with Crippen LogP contribution in [0.4, 0.5) is 8.78 Å². The molecule has 2 bridgehead atoms. The minimum atomic E-state index is -3.97. The summed E-state index contributed by atoms with van der Waals surface area (Å²) in [6, 6.07) is 2.41. The summed E-state index contributed by atoms with van der Waals surface area (Å²) in [5.74, 6) is -1.62. The summed E-state index contributed by atoms with van der Waals surface area (Å²) >= 11 is 1.75. The lowest BCUT2D eigenvalue weighted by atomic mass is 10.1. The van der Waals surface area contributed by atoms with Crippen LogP contribution in [0.3, 0.4) is 0 Å². The number of fused-ring (bicyclic) bond motifs is 2. The van der Waals surface area contributed by atoms with Gasteiger partial charge in [-0.25, -0.2) is 17.2 Å². The molecule has 3 rings (SSSR count). The normalized spacial score (nSPS) is 29.8. The van der Waals surface area contributed by atoms with E-state index in [9.17, 15) is 17.2 Å². The number of nitrogens with zero attached hydrogens (tertiary/aromatic N) is 1. The molecule has 2 aliphatic rings. The van der Waals surface area contributed by atoms with Crippen molar-refractivity contribution in [3.05, 3.63) is 29.8 Å². The van der Waals surface area contributed by atoms with Gasteiger partial charge in [-0.05, 0) is 50.1 Å². The van der Waals surface area contributed by atoms with Crippen molar-refractivity contribution < 1.29 is 17.2 Å². The van der Waals surface area contributed by atoms with Gasteiger partial charge in [-0.3, -0.25) is 0 Å². The third kappa shape index (κ3) is 2.59. The minimum absolute atomic E-state index is 0.0890. The number of hydrogen-bond donors (Lipinski definition) is 0. The molecule has 0 aromatic heterocycles. The van der Waals surface area contributed by atoms with Gasteiger partial charge in [-0.15, -0.1) is 0 Å². The van der Waals surface area contributed by atoms with Crippen molar-refractivity contribution in [3.8, 4) is 0 Å². The summed E-state index contributed by atoms with van der Waals surface area (Å²) in [4.78, 5) is -0.540. The average Bonchev–Trinajstić information content (AvgIpc) is 2.73. The number of benzene rings is 1. The van der Waals surface area contributed by atoms with E-state index in [-0.39, 0.29) is 12.1 Å². The van der Waals surface area contributed by atoms with E-state index in [1.165, 1.54) is 4.31 Å². The van der Waals surface area contributed by atoms with E-state index < -0.39 is 26.6 Å². The molecule has 2 unspecified atom stereocenters. The summed E-state index contributed by atoms with van der Waals surface area (Å²) in [5.41, 5.74) is 0. The van der Waals surface area contributed by atoms with Crippen molar-refractivity contribution in [3.63, 3.8) is 0 Å². The maximum Gasteiger partial charge on any atom is 0.246 e. The molecule has 2 heterocycles. The zero-order valence-corrected chi connectivity index (χ0v) is 13.3. The van der Waals surface area contributed by atoms with Gasteiger partial charge in [0.2, 0.25) is 10.0 Å². The van der Waals surface area contributed by atoms with Crippen molar-refractivity contribution in [1.29, 1.82) is 0 Å². The largest absolute Gasteiger partial charge is 0.246 e. The Morgan fingerprint density at radius 1 is 1.19 bits per heavy atom. The zero-order chi connectivity index (χ0) is 15.2. The quantitative estimate of drug-likeness (QED) is 0.853. The second-order valence-corrected chi connectivity index (χ2v) is 8.57. The second kappa shape index (κ2) is 5.52. The molecular weight excluding hydrogens is 316 g/mol.